The van der Waals surface area contributed by atoms with Crippen molar-refractivity contribution >= 4 is 21.7 Å². The van der Waals surface area contributed by atoms with Crippen LogP contribution in [0.4, 0.5) is 5.82 Å². The van der Waals surface area contributed by atoms with Gasteiger partial charge in [0.2, 0.25) is 0 Å². The van der Waals surface area contributed by atoms with Crippen molar-refractivity contribution < 1.29 is 0 Å². The Balaban J connectivity index is 2.03. The first-order valence-electron chi connectivity index (χ1n) is 5.46. The van der Waals surface area contributed by atoms with Gasteiger partial charge in [0.1, 0.15) is 5.82 Å². The Morgan fingerprint density at radius 1 is 1.47 bits per heavy atom. The second-order valence-electron chi connectivity index (χ2n) is 4.64. The molecule has 0 spiro atoms. The van der Waals surface area contributed by atoms with E-state index < -0.39 is 0 Å². The molecule has 3 unspecified atom stereocenters. The molecule has 0 amide bonds. The largest absolute Gasteiger partial charge is 0.367 e. The van der Waals surface area contributed by atoms with E-state index >= 15 is 0 Å². The number of anilines is 1. The fraction of sp³-hybridized carbons (Fsp3) is 0.583. The molecule has 0 saturated heterocycles. The molecule has 3 atom stereocenters. The summed E-state index contributed by atoms with van der Waals surface area (Å²) in [6.45, 7) is 6.70. The summed E-state index contributed by atoms with van der Waals surface area (Å²) in [5.41, 5.74) is 1.23. The highest BCUT2D eigenvalue weighted by molar-refractivity contribution is 9.10. The van der Waals surface area contributed by atoms with Crippen LogP contribution in [-0.4, -0.2) is 11.0 Å². The predicted molar refractivity (Wildman–Crippen MR) is 67.0 cm³/mol. The Labute approximate surface area is 99.6 Å². The van der Waals surface area contributed by atoms with Crippen LogP contribution in [0.25, 0.3) is 0 Å². The van der Waals surface area contributed by atoms with Gasteiger partial charge in [0.15, 0.2) is 0 Å². The average molecular weight is 269 g/mol. The molecule has 15 heavy (non-hydrogen) atoms. The SMILES string of the molecule is Cc1cc(NC2CC(C)C2C)ncc1Br. The zero-order valence-electron chi connectivity index (χ0n) is 9.42. The summed E-state index contributed by atoms with van der Waals surface area (Å²) in [6.07, 6.45) is 3.13. The molecule has 2 nitrogen and oxygen atoms in total. The van der Waals surface area contributed by atoms with Gasteiger partial charge in [-0.2, -0.15) is 0 Å². The van der Waals surface area contributed by atoms with Gasteiger partial charge >= 0.3 is 0 Å². The quantitative estimate of drug-likeness (QED) is 0.887. The summed E-state index contributed by atoms with van der Waals surface area (Å²) in [4.78, 5) is 4.36. The molecule has 0 aromatic carbocycles. The zero-order valence-corrected chi connectivity index (χ0v) is 11.0. The third kappa shape index (κ3) is 2.17. The minimum absolute atomic E-state index is 0.605. The number of rotatable bonds is 2. The van der Waals surface area contributed by atoms with E-state index in [0.29, 0.717) is 6.04 Å². The summed E-state index contributed by atoms with van der Waals surface area (Å²) < 4.78 is 1.07. The van der Waals surface area contributed by atoms with Gasteiger partial charge in [-0.25, -0.2) is 4.98 Å². The second-order valence-corrected chi connectivity index (χ2v) is 5.50. The molecule has 1 N–H and O–H groups in total. The maximum Gasteiger partial charge on any atom is 0.126 e. The van der Waals surface area contributed by atoms with Gasteiger partial charge in [0, 0.05) is 16.7 Å². The molecule has 3 heteroatoms. The summed E-state index contributed by atoms with van der Waals surface area (Å²) in [5, 5.41) is 3.49. The summed E-state index contributed by atoms with van der Waals surface area (Å²) >= 11 is 3.46. The molecule has 1 heterocycles. The zero-order chi connectivity index (χ0) is 11.0. The number of halogens is 1. The van der Waals surface area contributed by atoms with E-state index in [-0.39, 0.29) is 0 Å². The Kier molecular flexibility index (Phi) is 3.01. The highest BCUT2D eigenvalue weighted by Gasteiger charge is 2.34. The normalized spacial score (nSPS) is 29.7. The second kappa shape index (κ2) is 4.12. The van der Waals surface area contributed by atoms with E-state index in [0.717, 1.165) is 22.1 Å². The molecule has 0 bridgehead atoms. The lowest BCUT2D eigenvalue weighted by molar-refractivity contribution is 0.188. The van der Waals surface area contributed by atoms with Gasteiger partial charge < -0.3 is 5.32 Å². The van der Waals surface area contributed by atoms with Crippen LogP contribution in [0.5, 0.6) is 0 Å². The van der Waals surface area contributed by atoms with Crippen molar-refractivity contribution in [1.29, 1.82) is 0 Å². The molecule has 1 aliphatic rings. The molecule has 1 saturated carbocycles. The molecule has 1 aromatic rings. The van der Waals surface area contributed by atoms with E-state index in [9.17, 15) is 0 Å². The van der Waals surface area contributed by atoms with Crippen molar-refractivity contribution in [1.82, 2.24) is 4.98 Å². The first-order valence-corrected chi connectivity index (χ1v) is 6.26. The molecule has 0 radical (unpaired) electrons. The number of aryl methyl sites for hydroxylation is 1. The van der Waals surface area contributed by atoms with Crippen molar-refractivity contribution in [2.45, 2.75) is 33.2 Å². The Morgan fingerprint density at radius 2 is 2.20 bits per heavy atom. The molecule has 0 aliphatic heterocycles. The van der Waals surface area contributed by atoms with Gasteiger partial charge in [-0.15, -0.1) is 0 Å². The molecular weight excluding hydrogens is 252 g/mol. The van der Waals surface area contributed by atoms with Crippen LogP contribution < -0.4 is 5.32 Å². The topological polar surface area (TPSA) is 24.9 Å². The maximum absolute atomic E-state index is 4.36. The third-order valence-electron chi connectivity index (χ3n) is 3.54. The number of pyridine rings is 1. The average Bonchev–Trinajstić information content (AvgIpc) is 2.22. The van der Waals surface area contributed by atoms with Crippen LogP contribution in [0.2, 0.25) is 0 Å². The van der Waals surface area contributed by atoms with Gasteiger partial charge in [-0.05, 0) is 52.7 Å². The first kappa shape index (κ1) is 10.9. The minimum atomic E-state index is 0.605. The van der Waals surface area contributed by atoms with E-state index in [1.165, 1.54) is 12.0 Å². The lowest BCUT2D eigenvalue weighted by atomic mass is 9.71. The molecular formula is C12H17BrN2. The van der Waals surface area contributed by atoms with Crippen LogP contribution in [0.3, 0.4) is 0 Å². The van der Waals surface area contributed by atoms with Crippen molar-refractivity contribution in [2.24, 2.45) is 11.8 Å². The van der Waals surface area contributed by atoms with Gasteiger partial charge in [-0.3, -0.25) is 0 Å². The first-order chi connectivity index (χ1) is 7.08. The van der Waals surface area contributed by atoms with E-state index in [2.05, 4.69) is 53.1 Å². The van der Waals surface area contributed by atoms with E-state index in [4.69, 9.17) is 0 Å². The maximum atomic E-state index is 4.36. The number of aromatic nitrogens is 1. The minimum Gasteiger partial charge on any atom is -0.367 e. The van der Waals surface area contributed by atoms with Gasteiger partial charge in [-0.1, -0.05) is 13.8 Å². The van der Waals surface area contributed by atoms with Crippen LogP contribution in [0.1, 0.15) is 25.8 Å². The Bertz CT molecular complexity index is 365. The predicted octanol–water partition coefficient (Wildman–Crippen LogP) is 3.61. The highest BCUT2D eigenvalue weighted by atomic mass is 79.9. The van der Waals surface area contributed by atoms with E-state index in [1.54, 1.807) is 0 Å². The molecule has 2 rings (SSSR count). The summed E-state index contributed by atoms with van der Waals surface area (Å²) in [5.74, 6) is 2.61. The van der Waals surface area contributed by atoms with Crippen molar-refractivity contribution in [2.75, 3.05) is 5.32 Å². The molecule has 1 fully saturated rings. The smallest absolute Gasteiger partial charge is 0.126 e. The fourth-order valence-corrected chi connectivity index (χ4v) is 2.25. The monoisotopic (exact) mass is 268 g/mol. The number of hydrogen-bond acceptors (Lipinski definition) is 2. The Morgan fingerprint density at radius 3 is 2.73 bits per heavy atom. The van der Waals surface area contributed by atoms with Crippen LogP contribution in [-0.2, 0) is 0 Å². The fourth-order valence-electron chi connectivity index (χ4n) is 2.03. The summed E-state index contributed by atoms with van der Waals surface area (Å²) in [7, 11) is 0. The number of hydrogen-bond donors (Lipinski definition) is 1. The Hall–Kier alpha value is -0.570. The van der Waals surface area contributed by atoms with Crippen LogP contribution >= 0.6 is 15.9 Å². The molecule has 82 valence electrons. The van der Waals surface area contributed by atoms with Crippen LogP contribution in [0.15, 0.2) is 16.7 Å². The van der Waals surface area contributed by atoms with Gasteiger partial charge in [0.05, 0.1) is 0 Å². The van der Waals surface area contributed by atoms with E-state index in [1.807, 2.05) is 6.20 Å². The van der Waals surface area contributed by atoms with Crippen molar-refractivity contribution in [3.05, 3.63) is 22.3 Å². The lowest BCUT2D eigenvalue weighted by Gasteiger charge is -2.41. The summed E-state index contributed by atoms with van der Waals surface area (Å²) in [6, 6.07) is 2.70. The number of nitrogens with one attached hydrogen (secondary N) is 1. The lowest BCUT2D eigenvalue weighted by Crippen LogP contribution is -2.43. The highest BCUT2D eigenvalue weighted by Crippen LogP contribution is 2.35. The third-order valence-corrected chi connectivity index (χ3v) is 4.37. The number of nitrogens with zero attached hydrogens (tertiary/aromatic N) is 1. The van der Waals surface area contributed by atoms with Gasteiger partial charge in [0.25, 0.3) is 0 Å². The molecule has 1 aromatic heterocycles. The standard InChI is InChI=1S/C12H17BrN2/c1-7-4-11(9(7)3)15-12-5-8(2)10(13)6-14-12/h5-7,9,11H,4H2,1-3H3,(H,14,15). The van der Waals surface area contributed by atoms with Crippen LogP contribution in [0, 0.1) is 18.8 Å². The molecule has 1 aliphatic carbocycles. The van der Waals surface area contributed by atoms with Crippen molar-refractivity contribution in [3.63, 3.8) is 0 Å². The van der Waals surface area contributed by atoms with Crippen molar-refractivity contribution in [3.8, 4) is 0 Å².